The van der Waals surface area contributed by atoms with E-state index in [-0.39, 0.29) is 21.7 Å². The van der Waals surface area contributed by atoms with Crippen LogP contribution in [0.25, 0.3) is 11.1 Å². The number of fused-ring (bicyclic) bond motifs is 3. The summed E-state index contributed by atoms with van der Waals surface area (Å²) in [5.41, 5.74) is 18.5. The van der Waals surface area contributed by atoms with Crippen LogP contribution in [0.4, 0.5) is 51.2 Å². The highest BCUT2D eigenvalue weighted by molar-refractivity contribution is 9.10. The number of para-hydroxylation sites is 2. The third kappa shape index (κ3) is 8.73. The van der Waals surface area contributed by atoms with Crippen molar-refractivity contribution >= 4 is 67.1 Å². The number of anilines is 9. The van der Waals surface area contributed by atoms with Gasteiger partial charge in [-0.3, -0.25) is 0 Å². The van der Waals surface area contributed by atoms with E-state index in [1.807, 2.05) is 0 Å². The van der Waals surface area contributed by atoms with E-state index in [1.165, 1.54) is 38.9 Å². The van der Waals surface area contributed by atoms with Crippen molar-refractivity contribution in [2.75, 3.05) is 14.7 Å². The zero-order valence-electron chi connectivity index (χ0n) is 41.1. The molecule has 0 saturated carbocycles. The van der Waals surface area contributed by atoms with Crippen LogP contribution in [-0.2, 0) is 21.7 Å². The first kappa shape index (κ1) is 45.8. The van der Waals surface area contributed by atoms with Gasteiger partial charge in [-0.05, 0) is 150 Å². The smallest absolute Gasteiger partial charge is 0.0657 e. The van der Waals surface area contributed by atoms with Crippen molar-refractivity contribution in [1.29, 1.82) is 0 Å². The maximum absolute atomic E-state index is 4.43. The normalized spacial score (nSPS) is 13.2. The molecule has 338 valence electrons. The summed E-state index contributed by atoms with van der Waals surface area (Å²) < 4.78 is 0.997. The van der Waals surface area contributed by atoms with Gasteiger partial charge in [-0.25, -0.2) is 0 Å². The number of hydrogen-bond acceptors (Lipinski definition) is 3. The van der Waals surface area contributed by atoms with Gasteiger partial charge in [0, 0.05) is 45.1 Å². The molecule has 0 aliphatic heterocycles. The summed E-state index contributed by atoms with van der Waals surface area (Å²) in [6.45, 7) is 25.4. The monoisotopic (exact) mass is 941 g/mol. The first-order valence-corrected chi connectivity index (χ1v) is 24.5. The lowest BCUT2D eigenvalue weighted by molar-refractivity contribution is 0.589. The Bertz CT molecular complexity index is 2940. The third-order valence-corrected chi connectivity index (χ3v) is 14.4. The van der Waals surface area contributed by atoms with Gasteiger partial charge in [0.1, 0.15) is 0 Å². The Labute approximate surface area is 408 Å². The topological polar surface area (TPSA) is 9.72 Å². The molecule has 8 aromatic rings. The first-order valence-electron chi connectivity index (χ1n) is 23.7. The maximum Gasteiger partial charge on any atom is 0.0657 e. The van der Waals surface area contributed by atoms with Crippen molar-refractivity contribution < 1.29 is 0 Å². The molecule has 1 aliphatic carbocycles. The molecule has 0 heterocycles. The van der Waals surface area contributed by atoms with Crippen LogP contribution in [0.2, 0.25) is 0 Å². The highest BCUT2D eigenvalue weighted by atomic mass is 79.9. The largest absolute Gasteiger partial charge is 0.310 e. The molecule has 67 heavy (non-hydrogen) atoms. The van der Waals surface area contributed by atoms with Crippen LogP contribution in [0, 0.1) is 0 Å². The van der Waals surface area contributed by atoms with E-state index in [0.717, 1.165) is 55.7 Å². The molecular formula is C63H64BrN3. The molecule has 0 amide bonds. The van der Waals surface area contributed by atoms with Gasteiger partial charge in [0.05, 0.1) is 21.5 Å². The van der Waals surface area contributed by atoms with E-state index in [1.54, 1.807) is 0 Å². The van der Waals surface area contributed by atoms with Gasteiger partial charge in [0.15, 0.2) is 0 Å². The minimum absolute atomic E-state index is 0.0202. The summed E-state index contributed by atoms with van der Waals surface area (Å²) in [6.07, 6.45) is 0. The molecule has 8 aromatic carbocycles. The average Bonchev–Trinajstić information content (AvgIpc) is 3.54. The zero-order valence-corrected chi connectivity index (χ0v) is 42.7. The molecule has 0 atom stereocenters. The van der Waals surface area contributed by atoms with Crippen molar-refractivity contribution in [3.05, 3.63) is 220 Å². The molecule has 0 saturated heterocycles. The highest BCUT2D eigenvalue weighted by Gasteiger charge is 2.38. The molecule has 0 radical (unpaired) electrons. The lowest BCUT2D eigenvalue weighted by atomic mass is 9.82. The summed E-state index contributed by atoms with van der Waals surface area (Å²) in [5, 5.41) is 0. The fourth-order valence-corrected chi connectivity index (χ4v) is 10.3. The molecule has 3 nitrogen and oxygen atoms in total. The van der Waals surface area contributed by atoms with Gasteiger partial charge in [-0.2, -0.15) is 0 Å². The summed E-state index contributed by atoms with van der Waals surface area (Å²) in [6, 6.07) is 69.5. The minimum Gasteiger partial charge on any atom is -0.310 e. The fourth-order valence-electron chi connectivity index (χ4n) is 9.70. The van der Waals surface area contributed by atoms with E-state index in [2.05, 4.69) is 295 Å². The Kier molecular flexibility index (Phi) is 11.9. The second kappa shape index (κ2) is 17.4. The van der Waals surface area contributed by atoms with Gasteiger partial charge in [-0.15, -0.1) is 0 Å². The summed E-state index contributed by atoms with van der Waals surface area (Å²) in [5.74, 6) is 0. The van der Waals surface area contributed by atoms with Gasteiger partial charge in [0.25, 0.3) is 0 Å². The van der Waals surface area contributed by atoms with E-state index in [0.29, 0.717) is 0 Å². The Morgan fingerprint density at radius 3 is 1.25 bits per heavy atom. The second-order valence-corrected chi connectivity index (χ2v) is 22.5. The molecular weight excluding hydrogens is 879 g/mol. The first-order chi connectivity index (χ1) is 31.8. The van der Waals surface area contributed by atoms with Gasteiger partial charge in [0.2, 0.25) is 0 Å². The van der Waals surface area contributed by atoms with Crippen molar-refractivity contribution in [3.8, 4) is 11.1 Å². The van der Waals surface area contributed by atoms with Gasteiger partial charge in [-0.1, -0.05) is 179 Å². The Balaban J connectivity index is 1.35. The molecule has 0 unspecified atom stereocenters. The number of nitrogens with zero attached hydrogens (tertiary/aromatic N) is 3. The predicted molar refractivity (Wildman–Crippen MR) is 292 cm³/mol. The molecule has 9 rings (SSSR count). The van der Waals surface area contributed by atoms with Gasteiger partial charge < -0.3 is 14.7 Å². The van der Waals surface area contributed by atoms with Crippen molar-refractivity contribution in [1.82, 2.24) is 0 Å². The Morgan fingerprint density at radius 2 is 0.746 bits per heavy atom. The van der Waals surface area contributed by atoms with Crippen molar-refractivity contribution in [2.45, 2.75) is 97.8 Å². The molecule has 0 bridgehead atoms. The predicted octanol–water partition coefficient (Wildman–Crippen LogP) is 19.1. The van der Waals surface area contributed by atoms with Crippen LogP contribution in [0.3, 0.4) is 0 Å². The Morgan fingerprint density at radius 1 is 0.343 bits per heavy atom. The highest BCUT2D eigenvalue weighted by Crippen LogP contribution is 2.56. The molecule has 0 fully saturated rings. The molecule has 0 spiro atoms. The maximum atomic E-state index is 4.43. The third-order valence-electron chi connectivity index (χ3n) is 13.6. The lowest BCUT2D eigenvalue weighted by Crippen LogP contribution is -2.20. The second-order valence-electron chi connectivity index (χ2n) is 21.7. The summed E-state index contributed by atoms with van der Waals surface area (Å²) in [4.78, 5) is 7.31. The van der Waals surface area contributed by atoms with E-state index >= 15 is 0 Å². The average molecular weight is 943 g/mol. The molecule has 1 aliphatic rings. The zero-order chi connectivity index (χ0) is 47.5. The van der Waals surface area contributed by atoms with E-state index < -0.39 is 0 Å². The minimum atomic E-state index is -0.194. The van der Waals surface area contributed by atoms with Crippen LogP contribution in [0.15, 0.2) is 193 Å². The van der Waals surface area contributed by atoms with Crippen molar-refractivity contribution in [3.63, 3.8) is 0 Å². The molecule has 0 N–H and O–H groups in total. The van der Waals surface area contributed by atoms with Crippen LogP contribution in [-0.4, -0.2) is 0 Å². The summed E-state index contributed by atoms with van der Waals surface area (Å²) >= 11 is 4.43. The number of benzene rings is 8. The quantitative estimate of drug-likeness (QED) is 0.143. The molecule has 4 heteroatoms. The lowest BCUT2D eigenvalue weighted by Gasteiger charge is -2.35. The Hall–Kier alpha value is -6.36. The standard InChI is InChI=1S/C63H64BrN3/c1-60(2,3)43-32-36-48(37-33-43)66(49-38-34-44(35-39-49)61(4,5)6)56-40-45(62(7,8)9)41-57(59(56)64)67(55-31-21-30-54-58(55)52-28-18-19-29-53(52)63(54,10)11)51-27-20-26-50(42-51)65(46-22-14-12-15-23-46)47-24-16-13-17-25-47/h12-42H,1-11H3. The van der Waals surface area contributed by atoms with E-state index in [4.69, 9.17) is 0 Å². The van der Waals surface area contributed by atoms with Crippen LogP contribution < -0.4 is 14.7 Å². The van der Waals surface area contributed by atoms with Crippen LogP contribution >= 0.6 is 15.9 Å². The van der Waals surface area contributed by atoms with Crippen molar-refractivity contribution in [2.24, 2.45) is 0 Å². The number of rotatable bonds is 9. The SMILES string of the molecule is CC(C)(C)c1ccc(N(c2ccc(C(C)(C)C)cc2)c2cc(C(C)(C)C)cc(N(c3cccc(N(c4ccccc4)c4ccccc4)c3)c3cccc4c3-c3ccccc3C4(C)C)c2Br)cc1. The van der Waals surface area contributed by atoms with Gasteiger partial charge >= 0.3 is 0 Å². The number of halogens is 1. The fraction of sp³-hybridized carbons (Fsp3) is 0.238. The summed E-state index contributed by atoms with van der Waals surface area (Å²) in [7, 11) is 0. The number of hydrogen-bond donors (Lipinski definition) is 0. The van der Waals surface area contributed by atoms with Crippen LogP contribution in [0.1, 0.15) is 104 Å². The molecule has 0 aromatic heterocycles. The van der Waals surface area contributed by atoms with E-state index in [9.17, 15) is 0 Å². The van der Waals surface area contributed by atoms with Crippen LogP contribution in [0.5, 0.6) is 0 Å².